The molecule has 2 amide bonds. The van der Waals surface area contributed by atoms with Crippen molar-refractivity contribution in [3.63, 3.8) is 0 Å². The molecule has 0 aliphatic heterocycles. The number of aliphatic hydroxyl groups is 1. The Kier molecular flexibility index (Phi) is 9.31. The Morgan fingerprint density at radius 2 is 1.85 bits per heavy atom. The van der Waals surface area contributed by atoms with Crippen molar-refractivity contribution >= 4 is 11.8 Å². The zero-order valence-electron chi connectivity index (χ0n) is 19.9. The van der Waals surface area contributed by atoms with Crippen LogP contribution in [0.4, 0.5) is 13.2 Å². The van der Waals surface area contributed by atoms with Crippen LogP contribution in [-0.4, -0.2) is 59.6 Å². The highest BCUT2D eigenvalue weighted by Crippen LogP contribution is 2.33. The van der Waals surface area contributed by atoms with Crippen molar-refractivity contribution in [1.82, 2.24) is 15.5 Å². The fraction of sp³-hybridized carbons (Fsp3) is 0.667. The van der Waals surface area contributed by atoms with Crippen LogP contribution in [0.1, 0.15) is 62.9 Å². The number of halogens is 3. The van der Waals surface area contributed by atoms with Crippen LogP contribution < -0.4 is 10.6 Å². The Bertz CT molecular complexity index is 814. The van der Waals surface area contributed by atoms with Crippen molar-refractivity contribution in [1.29, 1.82) is 0 Å². The third-order valence-corrected chi connectivity index (χ3v) is 6.59. The summed E-state index contributed by atoms with van der Waals surface area (Å²) in [6.45, 7) is 7.76. The van der Waals surface area contributed by atoms with E-state index in [-0.39, 0.29) is 30.0 Å². The molecular formula is C24H36F3N3O3. The lowest BCUT2D eigenvalue weighted by atomic mass is 9.75. The molecule has 0 heterocycles. The summed E-state index contributed by atoms with van der Waals surface area (Å²) in [4.78, 5) is 27.1. The average Bonchev–Trinajstić information content (AvgIpc) is 2.76. The minimum Gasteiger partial charge on any atom is -0.392 e. The van der Waals surface area contributed by atoms with E-state index in [1.807, 2.05) is 13.8 Å². The molecule has 33 heavy (non-hydrogen) atoms. The molecule has 1 aliphatic rings. The highest BCUT2D eigenvalue weighted by atomic mass is 19.4. The van der Waals surface area contributed by atoms with E-state index in [0.717, 1.165) is 31.0 Å². The van der Waals surface area contributed by atoms with E-state index >= 15 is 0 Å². The number of alkyl halides is 3. The van der Waals surface area contributed by atoms with E-state index in [1.54, 1.807) is 0 Å². The van der Waals surface area contributed by atoms with Gasteiger partial charge in [-0.05, 0) is 64.3 Å². The Balaban J connectivity index is 1.99. The monoisotopic (exact) mass is 471 g/mol. The summed E-state index contributed by atoms with van der Waals surface area (Å²) in [5, 5.41) is 16.1. The first-order valence-electron chi connectivity index (χ1n) is 11.5. The summed E-state index contributed by atoms with van der Waals surface area (Å²) < 4.78 is 38.6. The van der Waals surface area contributed by atoms with Gasteiger partial charge in [-0.15, -0.1) is 0 Å². The van der Waals surface area contributed by atoms with Crippen LogP contribution in [0.2, 0.25) is 0 Å². The quantitative estimate of drug-likeness (QED) is 0.543. The fourth-order valence-electron chi connectivity index (χ4n) is 4.38. The third kappa shape index (κ3) is 7.43. The second kappa shape index (κ2) is 11.3. The predicted octanol–water partition coefficient (Wildman–Crippen LogP) is 3.45. The van der Waals surface area contributed by atoms with Gasteiger partial charge in [-0.3, -0.25) is 9.59 Å². The summed E-state index contributed by atoms with van der Waals surface area (Å²) in [7, 11) is 2.07. The van der Waals surface area contributed by atoms with Crippen molar-refractivity contribution in [2.45, 2.75) is 77.4 Å². The number of benzene rings is 1. The molecule has 2 rings (SSSR count). The average molecular weight is 472 g/mol. The lowest BCUT2D eigenvalue weighted by Crippen LogP contribution is -2.54. The smallest absolute Gasteiger partial charge is 0.392 e. The zero-order valence-corrected chi connectivity index (χ0v) is 19.9. The van der Waals surface area contributed by atoms with Crippen molar-refractivity contribution < 1.29 is 27.9 Å². The number of hydrogen-bond donors (Lipinski definition) is 3. The SMILES string of the molecule is CC(C)[C@H](O)[C@H]1C[C@H](N(C)C(C)C)CC[C@@H]1NC(=O)CNC(=O)c1cccc(C(F)(F)F)c1. The van der Waals surface area contributed by atoms with Crippen molar-refractivity contribution in [3.8, 4) is 0 Å². The molecule has 9 heteroatoms. The lowest BCUT2D eigenvalue weighted by Gasteiger charge is -2.44. The van der Waals surface area contributed by atoms with Crippen LogP contribution >= 0.6 is 0 Å². The molecule has 1 saturated carbocycles. The van der Waals surface area contributed by atoms with Gasteiger partial charge < -0.3 is 20.6 Å². The first-order chi connectivity index (χ1) is 15.3. The van der Waals surface area contributed by atoms with Crippen molar-refractivity contribution in [2.75, 3.05) is 13.6 Å². The molecule has 0 aromatic heterocycles. The maximum absolute atomic E-state index is 12.9. The van der Waals surface area contributed by atoms with Gasteiger partial charge in [0.15, 0.2) is 0 Å². The maximum Gasteiger partial charge on any atom is 0.416 e. The summed E-state index contributed by atoms with van der Waals surface area (Å²) in [5.41, 5.74) is -1.09. The van der Waals surface area contributed by atoms with Gasteiger partial charge in [0.05, 0.1) is 18.2 Å². The molecule has 0 unspecified atom stereocenters. The number of rotatable bonds is 8. The van der Waals surface area contributed by atoms with Crippen LogP contribution in [0.15, 0.2) is 24.3 Å². The largest absolute Gasteiger partial charge is 0.416 e. The van der Waals surface area contributed by atoms with Gasteiger partial charge >= 0.3 is 6.18 Å². The van der Waals surface area contributed by atoms with Crippen molar-refractivity contribution in [3.05, 3.63) is 35.4 Å². The Hall–Kier alpha value is -2.13. The van der Waals surface area contributed by atoms with Gasteiger partial charge in [0.2, 0.25) is 5.91 Å². The van der Waals surface area contributed by atoms with E-state index in [0.29, 0.717) is 18.5 Å². The zero-order chi connectivity index (χ0) is 24.9. The molecule has 0 spiro atoms. The molecule has 0 radical (unpaired) electrons. The predicted molar refractivity (Wildman–Crippen MR) is 121 cm³/mol. The molecule has 1 aliphatic carbocycles. The van der Waals surface area contributed by atoms with Gasteiger partial charge in [-0.25, -0.2) is 0 Å². The molecule has 186 valence electrons. The van der Waals surface area contributed by atoms with E-state index in [9.17, 15) is 27.9 Å². The van der Waals surface area contributed by atoms with Crippen LogP contribution in [-0.2, 0) is 11.0 Å². The van der Waals surface area contributed by atoms with E-state index in [4.69, 9.17) is 0 Å². The maximum atomic E-state index is 12.9. The molecule has 3 N–H and O–H groups in total. The molecule has 4 atom stereocenters. The Morgan fingerprint density at radius 3 is 2.42 bits per heavy atom. The van der Waals surface area contributed by atoms with Gasteiger partial charge in [-0.1, -0.05) is 19.9 Å². The Morgan fingerprint density at radius 1 is 1.18 bits per heavy atom. The number of nitrogens with zero attached hydrogens (tertiary/aromatic N) is 1. The summed E-state index contributed by atoms with van der Waals surface area (Å²) in [6.07, 6.45) is -2.82. The molecule has 0 saturated heterocycles. The molecule has 0 bridgehead atoms. The summed E-state index contributed by atoms with van der Waals surface area (Å²) >= 11 is 0. The van der Waals surface area contributed by atoms with Crippen molar-refractivity contribution in [2.24, 2.45) is 11.8 Å². The lowest BCUT2D eigenvalue weighted by molar-refractivity contribution is -0.137. The van der Waals surface area contributed by atoms with Crippen LogP contribution in [0.25, 0.3) is 0 Å². The first-order valence-corrected chi connectivity index (χ1v) is 11.5. The second-order valence-electron chi connectivity index (χ2n) is 9.56. The van der Waals surface area contributed by atoms with Crippen LogP contribution in [0.5, 0.6) is 0 Å². The summed E-state index contributed by atoms with van der Waals surface area (Å²) in [6, 6.07) is 4.50. The number of nitrogens with one attached hydrogen (secondary N) is 2. The number of carbonyl (C=O) groups is 2. The highest BCUT2D eigenvalue weighted by molar-refractivity contribution is 5.96. The van der Waals surface area contributed by atoms with Gasteiger partial charge in [-0.2, -0.15) is 13.2 Å². The Labute approximate surface area is 193 Å². The number of hydrogen-bond acceptors (Lipinski definition) is 4. The molecule has 6 nitrogen and oxygen atoms in total. The molecule has 1 aromatic carbocycles. The normalized spacial score (nSPS) is 22.5. The minimum atomic E-state index is -4.55. The molecule has 1 aromatic rings. The highest BCUT2D eigenvalue weighted by Gasteiger charge is 2.38. The third-order valence-electron chi connectivity index (χ3n) is 6.59. The summed E-state index contributed by atoms with van der Waals surface area (Å²) in [5.74, 6) is -1.29. The topological polar surface area (TPSA) is 81.7 Å². The number of amides is 2. The van der Waals surface area contributed by atoms with Gasteiger partial charge in [0, 0.05) is 29.6 Å². The molecule has 1 fully saturated rings. The van der Waals surface area contributed by atoms with Gasteiger partial charge in [0.1, 0.15) is 0 Å². The van der Waals surface area contributed by atoms with Gasteiger partial charge in [0.25, 0.3) is 5.91 Å². The van der Waals surface area contributed by atoms with Crippen LogP contribution in [0, 0.1) is 11.8 Å². The van der Waals surface area contributed by atoms with E-state index < -0.39 is 29.7 Å². The first kappa shape index (κ1) is 27.1. The standard InChI is InChI=1S/C24H36F3N3O3/c1-14(2)22(32)19-12-18(30(5)15(3)4)9-10-20(19)29-21(31)13-28-23(33)16-7-6-8-17(11-16)24(25,26)27/h6-8,11,14-15,18-20,22,32H,9-10,12-13H2,1-5H3,(H,28,33)(H,29,31)/t18-,19+,20+,22+/m1/s1. The number of carbonyl (C=O) groups excluding carboxylic acids is 2. The van der Waals surface area contributed by atoms with E-state index in [1.165, 1.54) is 6.07 Å². The van der Waals surface area contributed by atoms with Crippen LogP contribution in [0.3, 0.4) is 0 Å². The van der Waals surface area contributed by atoms with E-state index in [2.05, 4.69) is 36.4 Å². The number of aliphatic hydroxyl groups excluding tert-OH is 1. The molecular weight excluding hydrogens is 435 g/mol. The minimum absolute atomic E-state index is 0.0260. The second-order valence-corrected chi connectivity index (χ2v) is 9.56. The fourth-order valence-corrected chi connectivity index (χ4v) is 4.38.